The van der Waals surface area contributed by atoms with Crippen LogP contribution in [0.25, 0.3) is 0 Å². The molecule has 0 rings (SSSR count). The molecule has 0 aromatic carbocycles. The molecular weight excluding hydrogens is 266 g/mol. The van der Waals surface area contributed by atoms with Gasteiger partial charge in [-0.2, -0.15) is 0 Å². The third-order valence-corrected chi connectivity index (χ3v) is 4.31. The van der Waals surface area contributed by atoms with Crippen LogP contribution < -0.4 is 5.73 Å². The molecule has 0 aliphatic carbocycles. The van der Waals surface area contributed by atoms with E-state index in [1.807, 2.05) is 6.08 Å². The first-order valence-corrected chi connectivity index (χ1v) is 9.82. The Bertz CT molecular complexity index is 244. The van der Waals surface area contributed by atoms with E-state index in [0.29, 0.717) is 6.04 Å². The molecule has 0 radical (unpaired) electrons. The van der Waals surface area contributed by atoms with Crippen molar-refractivity contribution in [2.24, 2.45) is 5.73 Å². The molecule has 0 amide bonds. The monoisotopic (exact) mass is 307 g/mol. The highest BCUT2D eigenvalue weighted by Gasteiger charge is 1.98. The molecule has 1 atom stereocenters. The Balaban J connectivity index is 3.12. The Morgan fingerprint density at radius 1 is 0.773 bits per heavy atom. The van der Waals surface area contributed by atoms with E-state index in [0.717, 1.165) is 12.8 Å². The van der Waals surface area contributed by atoms with Gasteiger partial charge in [0.2, 0.25) is 0 Å². The molecule has 0 aliphatic rings. The van der Waals surface area contributed by atoms with Crippen LogP contribution in [0.4, 0.5) is 0 Å². The van der Waals surface area contributed by atoms with Gasteiger partial charge in [-0.25, -0.2) is 0 Å². The second-order valence-corrected chi connectivity index (χ2v) is 6.66. The van der Waals surface area contributed by atoms with Crippen molar-refractivity contribution in [1.82, 2.24) is 0 Å². The number of rotatable bonds is 17. The highest BCUT2D eigenvalue weighted by Crippen LogP contribution is 2.11. The normalized spacial score (nSPS) is 12.8. The summed E-state index contributed by atoms with van der Waals surface area (Å²) in [6, 6.07) is 0.336. The number of unbranched alkanes of at least 4 members (excludes halogenated alkanes) is 11. The van der Waals surface area contributed by atoms with Crippen molar-refractivity contribution in [3.63, 3.8) is 0 Å². The van der Waals surface area contributed by atoms with Crippen LogP contribution in [0.5, 0.6) is 0 Å². The molecule has 0 bridgehead atoms. The molecule has 1 unspecified atom stereocenters. The molecule has 22 heavy (non-hydrogen) atoms. The van der Waals surface area contributed by atoms with E-state index in [1.54, 1.807) is 0 Å². The molecule has 0 fully saturated rings. The molecule has 2 N–H and O–H groups in total. The minimum atomic E-state index is 0.336. The Kier molecular flexibility index (Phi) is 18.0. The quantitative estimate of drug-likeness (QED) is 0.229. The second-order valence-electron chi connectivity index (χ2n) is 6.66. The average Bonchev–Trinajstić information content (AvgIpc) is 2.51. The van der Waals surface area contributed by atoms with E-state index in [4.69, 9.17) is 5.73 Å². The molecule has 0 saturated heterocycles. The van der Waals surface area contributed by atoms with Crippen molar-refractivity contribution in [1.29, 1.82) is 0 Å². The largest absolute Gasteiger partial charge is 0.327 e. The van der Waals surface area contributed by atoms with Gasteiger partial charge in [-0.15, -0.1) is 6.58 Å². The lowest BCUT2D eigenvalue weighted by atomic mass is 10.0. The van der Waals surface area contributed by atoms with Gasteiger partial charge < -0.3 is 5.73 Å². The summed E-state index contributed by atoms with van der Waals surface area (Å²) in [5, 5.41) is 0. The smallest absolute Gasteiger partial charge is 0.00733 e. The van der Waals surface area contributed by atoms with Gasteiger partial charge in [0.05, 0.1) is 0 Å². The van der Waals surface area contributed by atoms with Crippen LogP contribution in [0.2, 0.25) is 0 Å². The molecule has 0 aromatic rings. The van der Waals surface area contributed by atoms with E-state index in [2.05, 4.69) is 25.7 Å². The number of hydrogen-bond donors (Lipinski definition) is 1. The van der Waals surface area contributed by atoms with Crippen molar-refractivity contribution in [3.8, 4) is 0 Å². The van der Waals surface area contributed by atoms with Crippen LogP contribution >= 0.6 is 0 Å². The summed E-state index contributed by atoms with van der Waals surface area (Å²) in [4.78, 5) is 0. The second kappa shape index (κ2) is 18.5. The summed E-state index contributed by atoms with van der Waals surface area (Å²) in [6.45, 7) is 6.01. The summed E-state index contributed by atoms with van der Waals surface area (Å²) in [5.41, 5.74) is 5.96. The summed E-state index contributed by atoms with van der Waals surface area (Å²) in [5.74, 6) is 0. The molecule has 130 valence electrons. The molecule has 0 spiro atoms. The van der Waals surface area contributed by atoms with Crippen LogP contribution in [-0.4, -0.2) is 6.04 Å². The van der Waals surface area contributed by atoms with Crippen molar-refractivity contribution >= 4 is 0 Å². The first-order valence-electron chi connectivity index (χ1n) is 9.82. The summed E-state index contributed by atoms with van der Waals surface area (Å²) >= 11 is 0. The number of hydrogen-bond acceptors (Lipinski definition) is 1. The van der Waals surface area contributed by atoms with Crippen molar-refractivity contribution < 1.29 is 0 Å². The van der Waals surface area contributed by atoms with Crippen molar-refractivity contribution in [3.05, 3.63) is 24.8 Å². The average molecular weight is 308 g/mol. The third kappa shape index (κ3) is 17.5. The molecule has 0 heterocycles. The standard InChI is InChI=1S/C21H41N/c1-3-5-6-7-8-9-10-11-12-13-14-15-16-17-18-20-21(22)19-4-2/h4,11-12,21H,2-3,5-10,13-20,22H2,1H3/b12-11-. The zero-order chi connectivity index (χ0) is 16.3. The van der Waals surface area contributed by atoms with Gasteiger partial charge in [0.15, 0.2) is 0 Å². The van der Waals surface area contributed by atoms with Crippen LogP contribution in [0.15, 0.2) is 24.8 Å². The van der Waals surface area contributed by atoms with Crippen LogP contribution in [0.1, 0.15) is 103 Å². The number of nitrogens with two attached hydrogens (primary N) is 1. The first-order chi connectivity index (χ1) is 10.8. The fourth-order valence-electron chi connectivity index (χ4n) is 2.81. The van der Waals surface area contributed by atoms with E-state index < -0.39 is 0 Å². The van der Waals surface area contributed by atoms with Gasteiger partial charge in [0.1, 0.15) is 0 Å². The summed E-state index contributed by atoms with van der Waals surface area (Å²) in [7, 11) is 0. The first kappa shape index (κ1) is 21.4. The SMILES string of the molecule is C=CCC(N)CCCCCCC/C=C\CCCCCCCC. The third-order valence-electron chi connectivity index (χ3n) is 4.31. The Hall–Kier alpha value is -0.560. The molecule has 1 nitrogen and oxygen atoms in total. The lowest BCUT2D eigenvalue weighted by molar-refractivity contribution is 0.539. The van der Waals surface area contributed by atoms with Gasteiger partial charge in [0.25, 0.3) is 0 Å². The Labute approximate surface area is 140 Å². The van der Waals surface area contributed by atoms with Gasteiger partial charge in [-0.3, -0.25) is 0 Å². The van der Waals surface area contributed by atoms with Gasteiger partial charge in [-0.1, -0.05) is 82.9 Å². The molecule has 0 aromatic heterocycles. The van der Waals surface area contributed by atoms with Crippen molar-refractivity contribution in [2.45, 2.75) is 109 Å². The zero-order valence-corrected chi connectivity index (χ0v) is 15.2. The maximum Gasteiger partial charge on any atom is 0.00733 e. The summed E-state index contributed by atoms with van der Waals surface area (Å²) in [6.07, 6.45) is 26.5. The van der Waals surface area contributed by atoms with Gasteiger partial charge in [0, 0.05) is 6.04 Å². The minimum Gasteiger partial charge on any atom is -0.327 e. The zero-order valence-electron chi connectivity index (χ0n) is 15.2. The van der Waals surface area contributed by atoms with Crippen molar-refractivity contribution in [2.75, 3.05) is 0 Å². The van der Waals surface area contributed by atoms with E-state index >= 15 is 0 Å². The number of allylic oxidation sites excluding steroid dienone is 2. The topological polar surface area (TPSA) is 26.0 Å². The van der Waals surface area contributed by atoms with Gasteiger partial charge >= 0.3 is 0 Å². The fraction of sp³-hybridized carbons (Fsp3) is 0.810. The predicted octanol–water partition coefficient (Wildman–Crippen LogP) is 6.93. The van der Waals surface area contributed by atoms with Gasteiger partial charge in [-0.05, 0) is 38.5 Å². The highest BCUT2D eigenvalue weighted by atomic mass is 14.6. The van der Waals surface area contributed by atoms with E-state index in [1.165, 1.54) is 83.5 Å². The molecule has 0 saturated carbocycles. The minimum absolute atomic E-state index is 0.336. The Morgan fingerprint density at radius 3 is 1.82 bits per heavy atom. The maximum atomic E-state index is 5.96. The van der Waals surface area contributed by atoms with E-state index in [9.17, 15) is 0 Å². The van der Waals surface area contributed by atoms with Crippen LogP contribution in [0, 0.1) is 0 Å². The predicted molar refractivity (Wildman–Crippen MR) is 102 cm³/mol. The fourth-order valence-corrected chi connectivity index (χ4v) is 2.81. The molecule has 0 aliphatic heterocycles. The maximum absolute atomic E-state index is 5.96. The molecule has 1 heteroatoms. The summed E-state index contributed by atoms with van der Waals surface area (Å²) < 4.78 is 0. The lowest BCUT2D eigenvalue weighted by Crippen LogP contribution is -2.18. The highest BCUT2D eigenvalue weighted by molar-refractivity contribution is 4.81. The van der Waals surface area contributed by atoms with Crippen LogP contribution in [0.3, 0.4) is 0 Å². The molecular formula is C21H41N. The van der Waals surface area contributed by atoms with Crippen LogP contribution in [-0.2, 0) is 0 Å². The Morgan fingerprint density at radius 2 is 1.27 bits per heavy atom. The van der Waals surface area contributed by atoms with E-state index in [-0.39, 0.29) is 0 Å². The lowest BCUT2D eigenvalue weighted by Gasteiger charge is -2.07.